The first kappa shape index (κ1) is 21.1. The number of hydrazine groups is 1. The summed E-state index contributed by atoms with van der Waals surface area (Å²) in [6, 6.07) is 21.9. The van der Waals surface area contributed by atoms with E-state index in [1.54, 1.807) is 24.3 Å². The van der Waals surface area contributed by atoms with Crippen molar-refractivity contribution in [2.24, 2.45) is 0 Å². The minimum absolute atomic E-state index is 0.401. The van der Waals surface area contributed by atoms with Gasteiger partial charge in [0.2, 0.25) is 0 Å². The molecule has 0 aliphatic rings. The van der Waals surface area contributed by atoms with Gasteiger partial charge in [-0.1, -0.05) is 30.3 Å². The van der Waals surface area contributed by atoms with Gasteiger partial charge in [0, 0.05) is 17.7 Å². The fraction of sp³-hybridized carbons (Fsp3) is 0.160. The lowest BCUT2D eigenvalue weighted by molar-refractivity contribution is 0.0846. The molecule has 0 unspecified atom stereocenters. The molecule has 0 fully saturated rings. The van der Waals surface area contributed by atoms with Gasteiger partial charge in [-0.15, -0.1) is 0 Å². The fourth-order valence-corrected chi connectivity index (χ4v) is 3.48. The molecule has 0 bridgehead atoms. The molecule has 4 aromatic rings. The molecule has 162 valence electrons. The molecule has 2 amide bonds. The highest BCUT2D eigenvalue weighted by Crippen LogP contribution is 2.18. The third-order valence-corrected chi connectivity index (χ3v) is 5.17. The zero-order chi connectivity index (χ0) is 22.5. The van der Waals surface area contributed by atoms with Crippen molar-refractivity contribution in [1.29, 1.82) is 0 Å². The summed E-state index contributed by atoms with van der Waals surface area (Å²) < 4.78 is 7.78. The number of para-hydroxylation sites is 1. The number of ether oxygens (including phenoxy) is 1. The van der Waals surface area contributed by atoms with Crippen LogP contribution >= 0.6 is 0 Å². The first-order chi connectivity index (χ1) is 15.5. The highest BCUT2D eigenvalue weighted by atomic mass is 16.5. The Bertz CT molecular complexity index is 1250. The van der Waals surface area contributed by atoms with E-state index in [1.165, 1.54) is 0 Å². The summed E-state index contributed by atoms with van der Waals surface area (Å²) >= 11 is 0. The predicted octanol–water partition coefficient (Wildman–Crippen LogP) is 4.02. The second-order valence-electron chi connectivity index (χ2n) is 7.31. The number of benzene rings is 3. The number of aromatic nitrogens is 2. The van der Waals surface area contributed by atoms with Crippen LogP contribution in [0.15, 0.2) is 72.8 Å². The monoisotopic (exact) mass is 428 g/mol. The van der Waals surface area contributed by atoms with Crippen molar-refractivity contribution in [2.75, 3.05) is 0 Å². The molecule has 32 heavy (non-hydrogen) atoms. The van der Waals surface area contributed by atoms with Gasteiger partial charge < -0.3 is 9.30 Å². The number of carbonyl (C=O) groups is 2. The van der Waals surface area contributed by atoms with Crippen LogP contribution in [0.5, 0.6) is 5.75 Å². The van der Waals surface area contributed by atoms with Crippen LogP contribution in [0.3, 0.4) is 0 Å². The summed E-state index contributed by atoms with van der Waals surface area (Å²) in [6.07, 6.45) is 0. The lowest BCUT2D eigenvalue weighted by Gasteiger charge is -2.09. The number of amides is 2. The molecule has 3 aromatic carbocycles. The fourth-order valence-electron chi connectivity index (χ4n) is 3.48. The maximum absolute atomic E-state index is 12.5. The number of carbonyl (C=O) groups excluding carboxylic acids is 2. The Hall–Kier alpha value is -4.13. The van der Waals surface area contributed by atoms with Gasteiger partial charge in [-0.2, -0.15) is 0 Å². The summed E-state index contributed by atoms with van der Waals surface area (Å²) in [6.45, 7) is 5.19. The van der Waals surface area contributed by atoms with Crippen LogP contribution in [0.25, 0.3) is 11.0 Å². The molecular weight excluding hydrogens is 404 g/mol. The molecule has 7 nitrogen and oxygen atoms in total. The zero-order valence-electron chi connectivity index (χ0n) is 18.0. The molecular formula is C25H24N4O3. The molecule has 7 heteroatoms. The average molecular weight is 428 g/mol. The van der Waals surface area contributed by atoms with Gasteiger partial charge >= 0.3 is 0 Å². The van der Waals surface area contributed by atoms with Crippen LogP contribution in [-0.2, 0) is 13.2 Å². The molecule has 0 saturated carbocycles. The van der Waals surface area contributed by atoms with Crippen molar-refractivity contribution in [3.05, 3.63) is 95.3 Å². The Morgan fingerprint density at radius 2 is 1.56 bits per heavy atom. The van der Waals surface area contributed by atoms with Gasteiger partial charge in [-0.25, -0.2) is 4.98 Å². The molecule has 0 radical (unpaired) electrons. The highest BCUT2D eigenvalue weighted by Gasteiger charge is 2.12. The molecule has 4 rings (SSSR count). The van der Waals surface area contributed by atoms with E-state index in [-0.39, 0.29) is 0 Å². The Morgan fingerprint density at radius 1 is 0.906 bits per heavy atom. The van der Waals surface area contributed by atoms with Crippen LogP contribution in [0, 0.1) is 6.92 Å². The molecule has 1 heterocycles. The smallest absolute Gasteiger partial charge is 0.269 e. The molecule has 0 atom stereocenters. The number of hydrogen-bond donors (Lipinski definition) is 2. The van der Waals surface area contributed by atoms with Gasteiger partial charge in [-0.05, 0) is 61.9 Å². The van der Waals surface area contributed by atoms with Crippen molar-refractivity contribution in [1.82, 2.24) is 20.4 Å². The van der Waals surface area contributed by atoms with E-state index in [0.29, 0.717) is 17.7 Å². The standard InChI is InChI=1S/C25H24N4O3/c1-3-29-17(2)26-22-15-20(13-14-23(22)29)25(31)28-27-24(30)19-11-9-18(10-12-19)16-32-21-7-5-4-6-8-21/h4-15H,3,16H2,1-2H3,(H,27,30)(H,28,31). The number of imidazole rings is 1. The highest BCUT2D eigenvalue weighted by molar-refractivity contribution is 6.00. The van der Waals surface area contributed by atoms with E-state index in [0.717, 1.165) is 34.7 Å². The number of nitrogens with zero attached hydrogens (tertiary/aromatic N) is 2. The Kier molecular flexibility index (Phi) is 6.17. The second-order valence-corrected chi connectivity index (χ2v) is 7.31. The number of hydrogen-bond acceptors (Lipinski definition) is 4. The molecule has 0 spiro atoms. The Labute approximate surface area is 186 Å². The first-order valence-corrected chi connectivity index (χ1v) is 10.4. The van der Waals surface area contributed by atoms with E-state index in [2.05, 4.69) is 20.4 Å². The molecule has 2 N–H and O–H groups in total. The summed E-state index contributed by atoms with van der Waals surface area (Å²) in [5.41, 5.74) is 8.43. The summed E-state index contributed by atoms with van der Waals surface area (Å²) in [4.78, 5) is 29.4. The van der Waals surface area contributed by atoms with Crippen LogP contribution in [0.4, 0.5) is 0 Å². The largest absolute Gasteiger partial charge is 0.489 e. The maximum atomic E-state index is 12.5. The van der Waals surface area contributed by atoms with Gasteiger partial charge in [0.05, 0.1) is 11.0 Å². The van der Waals surface area contributed by atoms with Crippen LogP contribution in [0.2, 0.25) is 0 Å². The van der Waals surface area contributed by atoms with Crippen LogP contribution < -0.4 is 15.6 Å². The molecule has 1 aromatic heterocycles. The van der Waals surface area contributed by atoms with E-state index < -0.39 is 11.8 Å². The van der Waals surface area contributed by atoms with Crippen LogP contribution in [-0.4, -0.2) is 21.4 Å². The van der Waals surface area contributed by atoms with Gasteiger partial charge in [-0.3, -0.25) is 20.4 Å². The number of fused-ring (bicyclic) bond motifs is 1. The summed E-state index contributed by atoms with van der Waals surface area (Å²) in [5.74, 6) is 0.871. The van der Waals surface area contributed by atoms with E-state index >= 15 is 0 Å². The first-order valence-electron chi connectivity index (χ1n) is 10.4. The van der Waals surface area contributed by atoms with Crippen LogP contribution in [0.1, 0.15) is 39.0 Å². The third-order valence-electron chi connectivity index (χ3n) is 5.17. The van der Waals surface area contributed by atoms with Crippen molar-refractivity contribution in [2.45, 2.75) is 27.0 Å². The molecule has 0 aliphatic heterocycles. The second kappa shape index (κ2) is 9.34. The van der Waals surface area contributed by atoms with Gasteiger partial charge in [0.25, 0.3) is 11.8 Å². The number of nitrogens with one attached hydrogen (secondary N) is 2. The predicted molar refractivity (Wildman–Crippen MR) is 122 cm³/mol. The van der Waals surface area contributed by atoms with Crippen molar-refractivity contribution in [3.8, 4) is 5.75 Å². The third kappa shape index (κ3) is 4.62. The maximum Gasteiger partial charge on any atom is 0.269 e. The quantitative estimate of drug-likeness (QED) is 0.454. The number of rotatable bonds is 6. The lowest BCUT2D eigenvalue weighted by atomic mass is 10.1. The van der Waals surface area contributed by atoms with E-state index in [9.17, 15) is 9.59 Å². The van der Waals surface area contributed by atoms with Gasteiger partial charge in [0.15, 0.2) is 0 Å². The van der Waals surface area contributed by atoms with Gasteiger partial charge in [0.1, 0.15) is 18.2 Å². The van der Waals surface area contributed by atoms with Crippen molar-refractivity contribution in [3.63, 3.8) is 0 Å². The average Bonchev–Trinajstić information content (AvgIpc) is 3.15. The minimum Gasteiger partial charge on any atom is -0.489 e. The van der Waals surface area contributed by atoms with Crippen molar-refractivity contribution < 1.29 is 14.3 Å². The van der Waals surface area contributed by atoms with E-state index in [4.69, 9.17) is 4.74 Å². The Morgan fingerprint density at radius 3 is 2.25 bits per heavy atom. The molecule has 0 saturated heterocycles. The van der Waals surface area contributed by atoms with Crippen molar-refractivity contribution >= 4 is 22.8 Å². The summed E-state index contributed by atoms with van der Waals surface area (Å²) in [7, 11) is 0. The normalized spacial score (nSPS) is 10.7. The Balaban J connectivity index is 1.34. The van der Waals surface area contributed by atoms with E-state index in [1.807, 2.05) is 62.4 Å². The SMILES string of the molecule is CCn1c(C)nc2cc(C(=O)NNC(=O)c3ccc(COc4ccccc4)cc3)ccc21. The zero-order valence-corrected chi connectivity index (χ0v) is 18.0. The number of aryl methyl sites for hydroxylation is 2. The topological polar surface area (TPSA) is 85.3 Å². The summed E-state index contributed by atoms with van der Waals surface area (Å²) in [5, 5.41) is 0. The lowest BCUT2D eigenvalue weighted by Crippen LogP contribution is -2.41. The minimum atomic E-state index is -0.406. The molecule has 0 aliphatic carbocycles.